The molecule has 1 fully saturated rings. The molecule has 0 amide bonds. The Morgan fingerprint density at radius 1 is 1.73 bits per heavy atom. The lowest BCUT2D eigenvalue weighted by atomic mass is 9.84. The average molecular weight is 157 g/mol. The highest BCUT2D eigenvalue weighted by Gasteiger charge is 2.41. The molecule has 3 heteroatoms. The summed E-state index contributed by atoms with van der Waals surface area (Å²) in [5, 5.41) is 8.95. The van der Waals surface area contributed by atoms with Gasteiger partial charge in [-0.05, 0) is 26.4 Å². The molecular formula is C8H15NO2. The van der Waals surface area contributed by atoms with E-state index in [1.165, 1.54) is 0 Å². The van der Waals surface area contributed by atoms with Gasteiger partial charge in [0.25, 0.3) is 0 Å². The molecular weight excluding hydrogens is 142 g/mol. The molecule has 0 bridgehead atoms. The van der Waals surface area contributed by atoms with Crippen LogP contribution in [0.25, 0.3) is 0 Å². The summed E-state index contributed by atoms with van der Waals surface area (Å²) < 4.78 is 0. The molecule has 3 nitrogen and oxygen atoms in total. The van der Waals surface area contributed by atoms with E-state index in [4.69, 9.17) is 5.11 Å². The molecule has 0 radical (unpaired) electrons. The molecule has 1 aliphatic rings. The number of carboxylic acid groups (broad SMARTS) is 1. The van der Waals surface area contributed by atoms with E-state index in [0.29, 0.717) is 6.54 Å². The smallest absolute Gasteiger partial charge is 0.310 e. The van der Waals surface area contributed by atoms with Gasteiger partial charge in [0.1, 0.15) is 0 Å². The Bertz CT molecular complexity index is 169. The molecule has 0 aromatic carbocycles. The predicted molar refractivity (Wildman–Crippen MR) is 42.5 cm³/mol. The largest absolute Gasteiger partial charge is 0.481 e. The van der Waals surface area contributed by atoms with Gasteiger partial charge in [-0.25, -0.2) is 0 Å². The molecule has 1 aliphatic heterocycles. The standard InChI is InChI=1S/C8H15NO2/c1-3-8(7(10)11)4-5-9(2)6-8/h3-6H2,1-2H3,(H,10,11). The minimum absolute atomic E-state index is 0.450. The normalized spacial score (nSPS) is 32.5. The molecule has 1 N–H and O–H groups in total. The van der Waals surface area contributed by atoms with Gasteiger partial charge in [-0.1, -0.05) is 6.92 Å². The highest BCUT2D eigenvalue weighted by Crippen LogP contribution is 2.32. The van der Waals surface area contributed by atoms with Gasteiger partial charge in [0, 0.05) is 6.54 Å². The molecule has 0 saturated carbocycles. The van der Waals surface area contributed by atoms with Gasteiger partial charge in [-0.3, -0.25) is 4.79 Å². The molecule has 1 heterocycles. The number of hydrogen-bond donors (Lipinski definition) is 1. The van der Waals surface area contributed by atoms with Crippen molar-refractivity contribution < 1.29 is 9.90 Å². The highest BCUT2D eigenvalue weighted by atomic mass is 16.4. The first-order valence-electron chi connectivity index (χ1n) is 4.03. The molecule has 1 unspecified atom stereocenters. The Hall–Kier alpha value is -0.570. The zero-order valence-corrected chi connectivity index (χ0v) is 7.13. The fourth-order valence-electron chi connectivity index (χ4n) is 1.69. The number of rotatable bonds is 2. The van der Waals surface area contributed by atoms with Crippen LogP contribution in [-0.4, -0.2) is 36.1 Å². The van der Waals surface area contributed by atoms with E-state index in [2.05, 4.69) is 4.90 Å². The van der Waals surface area contributed by atoms with Crippen LogP contribution in [0, 0.1) is 5.41 Å². The average Bonchev–Trinajstić information content (AvgIpc) is 2.33. The Balaban J connectivity index is 2.70. The maximum absolute atomic E-state index is 10.9. The Kier molecular flexibility index (Phi) is 2.18. The van der Waals surface area contributed by atoms with Gasteiger partial charge < -0.3 is 10.0 Å². The van der Waals surface area contributed by atoms with Crippen LogP contribution in [0.4, 0.5) is 0 Å². The quantitative estimate of drug-likeness (QED) is 0.644. The summed E-state index contributed by atoms with van der Waals surface area (Å²) in [5.74, 6) is -0.635. The molecule has 1 rings (SSSR count). The van der Waals surface area contributed by atoms with Crippen molar-refractivity contribution in [3.63, 3.8) is 0 Å². The molecule has 64 valence electrons. The zero-order valence-electron chi connectivity index (χ0n) is 7.13. The minimum atomic E-state index is -0.635. The van der Waals surface area contributed by atoms with E-state index < -0.39 is 11.4 Å². The number of hydrogen-bond acceptors (Lipinski definition) is 2. The Labute approximate surface area is 67.0 Å². The summed E-state index contributed by atoms with van der Waals surface area (Å²) in [6.45, 7) is 3.58. The van der Waals surface area contributed by atoms with Gasteiger partial charge in [-0.2, -0.15) is 0 Å². The first kappa shape index (κ1) is 8.53. The van der Waals surface area contributed by atoms with Crippen LogP contribution in [-0.2, 0) is 4.79 Å². The Morgan fingerprint density at radius 3 is 2.55 bits per heavy atom. The summed E-state index contributed by atoms with van der Waals surface area (Å²) in [5.41, 5.74) is -0.450. The van der Waals surface area contributed by atoms with Crippen LogP contribution < -0.4 is 0 Å². The maximum atomic E-state index is 10.9. The zero-order chi connectivity index (χ0) is 8.48. The van der Waals surface area contributed by atoms with Crippen molar-refractivity contribution in [3.8, 4) is 0 Å². The second-order valence-electron chi connectivity index (χ2n) is 3.43. The van der Waals surface area contributed by atoms with Crippen molar-refractivity contribution in [3.05, 3.63) is 0 Å². The highest BCUT2D eigenvalue weighted by molar-refractivity contribution is 5.75. The lowest BCUT2D eigenvalue weighted by Gasteiger charge is -2.21. The lowest BCUT2D eigenvalue weighted by Crippen LogP contribution is -2.32. The van der Waals surface area contributed by atoms with Crippen molar-refractivity contribution in [2.45, 2.75) is 19.8 Å². The first-order valence-corrected chi connectivity index (χ1v) is 4.03. The summed E-state index contributed by atoms with van der Waals surface area (Å²) in [6.07, 6.45) is 1.54. The van der Waals surface area contributed by atoms with Gasteiger partial charge >= 0.3 is 5.97 Å². The minimum Gasteiger partial charge on any atom is -0.481 e. The number of likely N-dealkylation sites (tertiary alicyclic amines) is 1. The molecule has 0 aromatic heterocycles. The van der Waals surface area contributed by atoms with E-state index in [1.807, 2.05) is 14.0 Å². The topological polar surface area (TPSA) is 40.5 Å². The number of nitrogens with zero attached hydrogens (tertiary/aromatic N) is 1. The van der Waals surface area contributed by atoms with Crippen molar-refractivity contribution in [1.29, 1.82) is 0 Å². The van der Waals surface area contributed by atoms with Crippen molar-refractivity contribution in [2.75, 3.05) is 20.1 Å². The van der Waals surface area contributed by atoms with Crippen LogP contribution in [0.3, 0.4) is 0 Å². The molecule has 1 atom stereocenters. The summed E-state index contributed by atoms with van der Waals surface area (Å²) in [4.78, 5) is 13.0. The molecule has 0 aromatic rings. The Morgan fingerprint density at radius 2 is 2.36 bits per heavy atom. The van der Waals surface area contributed by atoms with E-state index in [9.17, 15) is 4.79 Å². The van der Waals surface area contributed by atoms with Crippen molar-refractivity contribution >= 4 is 5.97 Å². The van der Waals surface area contributed by atoms with Crippen molar-refractivity contribution in [2.24, 2.45) is 5.41 Å². The third-order valence-corrected chi connectivity index (χ3v) is 2.68. The van der Waals surface area contributed by atoms with E-state index in [1.54, 1.807) is 0 Å². The maximum Gasteiger partial charge on any atom is 0.310 e. The number of carboxylic acids is 1. The van der Waals surface area contributed by atoms with E-state index in [-0.39, 0.29) is 0 Å². The van der Waals surface area contributed by atoms with Crippen LogP contribution in [0.2, 0.25) is 0 Å². The number of carbonyl (C=O) groups is 1. The molecule has 0 spiro atoms. The third-order valence-electron chi connectivity index (χ3n) is 2.68. The van der Waals surface area contributed by atoms with Gasteiger partial charge in [0.2, 0.25) is 0 Å². The molecule has 1 saturated heterocycles. The number of aliphatic carboxylic acids is 1. The summed E-state index contributed by atoms with van der Waals surface area (Å²) >= 11 is 0. The van der Waals surface area contributed by atoms with E-state index >= 15 is 0 Å². The first-order chi connectivity index (χ1) is 5.10. The van der Waals surface area contributed by atoms with Crippen LogP contribution in [0.5, 0.6) is 0 Å². The SMILES string of the molecule is CCC1(C(=O)O)CCN(C)C1. The summed E-state index contributed by atoms with van der Waals surface area (Å²) in [6, 6.07) is 0. The van der Waals surface area contributed by atoms with Crippen molar-refractivity contribution in [1.82, 2.24) is 4.90 Å². The van der Waals surface area contributed by atoms with Crippen LogP contribution >= 0.6 is 0 Å². The third kappa shape index (κ3) is 1.38. The molecule has 11 heavy (non-hydrogen) atoms. The van der Waals surface area contributed by atoms with Gasteiger partial charge in [-0.15, -0.1) is 0 Å². The van der Waals surface area contributed by atoms with Crippen LogP contribution in [0.15, 0.2) is 0 Å². The monoisotopic (exact) mass is 157 g/mol. The second-order valence-corrected chi connectivity index (χ2v) is 3.43. The molecule has 0 aliphatic carbocycles. The van der Waals surface area contributed by atoms with Gasteiger partial charge in [0.05, 0.1) is 5.41 Å². The summed E-state index contributed by atoms with van der Waals surface area (Å²) in [7, 11) is 1.97. The predicted octanol–water partition coefficient (Wildman–Crippen LogP) is 0.803. The fraction of sp³-hybridized carbons (Fsp3) is 0.875. The lowest BCUT2D eigenvalue weighted by molar-refractivity contribution is -0.148. The fourth-order valence-corrected chi connectivity index (χ4v) is 1.69. The van der Waals surface area contributed by atoms with E-state index in [0.717, 1.165) is 19.4 Å². The van der Waals surface area contributed by atoms with Gasteiger partial charge in [0.15, 0.2) is 0 Å². The van der Waals surface area contributed by atoms with Crippen LogP contribution in [0.1, 0.15) is 19.8 Å². The second kappa shape index (κ2) is 2.81.